The average molecular weight is 432 g/mol. The van der Waals surface area contributed by atoms with Crippen LogP contribution in [0.1, 0.15) is 42.1 Å². The number of H-pyrrole nitrogens is 1. The Hall–Kier alpha value is -3.41. The maximum absolute atomic E-state index is 13.6. The Morgan fingerprint density at radius 1 is 1.12 bits per heavy atom. The third-order valence-corrected chi connectivity index (χ3v) is 6.22. The number of nitrogens with zero attached hydrogens (tertiary/aromatic N) is 2. The molecule has 1 amide bonds. The highest BCUT2D eigenvalue weighted by molar-refractivity contribution is 6.00. The molecule has 166 valence electrons. The van der Waals surface area contributed by atoms with Crippen molar-refractivity contribution in [1.82, 2.24) is 14.9 Å². The molecule has 2 heterocycles. The van der Waals surface area contributed by atoms with Crippen molar-refractivity contribution in [3.05, 3.63) is 78.1 Å². The van der Waals surface area contributed by atoms with Crippen molar-refractivity contribution in [3.63, 3.8) is 0 Å². The summed E-state index contributed by atoms with van der Waals surface area (Å²) in [4.78, 5) is 35.9. The highest BCUT2D eigenvalue weighted by atomic mass is 16.5. The number of imidazole rings is 1. The van der Waals surface area contributed by atoms with E-state index in [4.69, 9.17) is 4.74 Å². The first kappa shape index (κ1) is 21.8. The molecular formula is C26H29N3O3. The normalized spacial score (nSPS) is 18.3. The van der Waals surface area contributed by atoms with Crippen LogP contribution in [0.15, 0.2) is 67.0 Å². The number of esters is 1. The molecule has 6 heteroatoms. The van der Waals surface area contributed by atoms with Crippen molar-refractivity contribution >= 4 is 11.9 Å². The molecule has 3 aromatic rings. The van der Waals surface area contributed by atoms with Gasteiger partial charge in [-0.25, -0.2) is 4.98 Å². The molecule has 2 aromatic carbocycles. The number of hydrogen-bond donors (Lipinski definition) is 1. The van der Waals surface area contributed by atoms with Gasteiger partial charge in [0.2, 0.25) is 0 Å². The lowest BCUT2D eigenvalue weighted by Crippen LogP contribution is -2.50. The Bertz CT molecular complexity index is 1050. The van der Waals surface area contributed by atoms with Crippen LogP contribution in [0.4, 0.5) is 0 Å². The predicted molar refractivity (Wildman–Crippen MR) is 123 cm³/mol. The fourth-order valence-electron chi connectivity index (χ4n) is 4.55. The van der Waals surface area contributed by atoms with Gasteiger partial charge in [0.1, 0.15) is 5.82 Å². The Morgan fingerprint density at radius 2 is 1.91 bits per heavy atom. The van der Waals surface area contributed by atoms with Gasteiger partial charge in [0.25, 0.3) is 5.91 Å². The van der Waals surface area contributed by atoms with Crippen molar-refractivity contribution in [3.8, 4) is 11.4 Å². The lowest BCUT2D eigenvalue weighted by molar-refractivity contribution is -0.159. The Kier molecular flexibility index (Phi) is 6.69. The van der Waals surface area contributed by atoms with Gasteiger partial charge in [-0.1, -0.05) is 48.5 Å². The fourth-order valence-corrected chi connectivity index (χ4v) is 4.55. The average Bonchev–Trinajstić information content (AvgIpc) is 3.38. The first-order valence-electron chi connectivity index (χ1n) is 11.2. The number of rotatable bonds is 7. The molecule has 6 nitrogen and oxygen atoms in total. The topological polar surface area (TPSA) is 75.3 Å². The first-order chi connectivity index (χ1) is 15.6. The SMILES string of the molecule is CCOC(=O)C1(CCc2ccccc2)CCCN(C(=O)c2ccccc2-c2ncc[nH]2)C1. The van der Waals surface area contributed by atoms with Gasteiger partial charge in [0.15, 0.2) is 0 Å². The smallest absolute Gasteiger partial charge is 0.313 e. The largest absolute Gasteiger partial charge is 0.466 e. The van der Waals surface area contributed by atoms with E-state index in [9.17, 15) is 9.59 Å². The second kappa shape index (κ2) is 9.81. The monoisotopic (exact) mass is 431 g/mol. The standard InChI is InChI=1S/C26H29N3O3/c1-2-32-25(31)26(15-13-20-9-4-3-5-10-20)14-8-18-29(19-26)24(30)22-12-7-6-11-21(22)23-27-16-17-28-23/h3-7,9-12,16-17H,2,8,13-15,18-19H2,1H3,(H,27,28). The molecule has 1 unspecified atom stereocenters. The molecular weight excluding hydrogens is 402 g/mol. The maximum Gasteiger partial charge on any atom is 0.313 e. The number of aromatic nitrogens is 2. The molecule has 1 N–H and O–H groups in total. The molecule has 1 saturated heterocycles. The molecule has 0 radical (unpaired) electrons. The van der Waals surface area contributed by atoms with Crippen molar-refractivity contribution in [1.29, 1.82) is 0 Å². The van der Waals surface area contributed by atoms with Crippen molar-refractivity contribution in [2.45, 2.75) is 32.6 Å². The third kappa shape index (κ3) is 4.59. The number of nitrogens with one attached hydrogen (secondary N) is 1. The highest BCUT2D eigenvalue weighted by Crippen LogP contribution is 2.37. The van der Waals surface area contributed by atoms with E-state index in [1.165, 1.54) is 5.56 Å². The molecule has 32 heavy (non-hydrogen) atoms. The van der Waals surface area contributed by atoms with Gasteiger partial charge in [-0.15, -0.1) is 0 Å². The Morgan fingerprint density at radius 3 is 2.66 bits per heavy atom. The highest BCUT2D eigenvalue weighted by Gasteiger charge is 2.44. The molecule has 1 aliphatic heterocycles. The minimum absolute atomic E-state index is 0.0786. The molecule has 1 aromatic heterocycles. The van der Waals surface area contributed by atoms with Gasteiger partial charge in [-0.05, 0) is 44.2 Å². The van der Waals surface area contributed by atoms with E-state index < -0.39 is 5.41 Å². The van der Waals surface area contributed by atoms with Gasteiger partial charge in [-0.3, -0.25) is 9.59 Å². The van der Waals surface area contributed by atoms with E-state index >= 15 is 0 Å². The number of aryl methyl sites for hydroxylation is 1. The van der Waals surface area contributed by atoms with Gasteiger partial charge >= 0.3 is 5.97 Å². The maximum atomic E-state index is 13.6. The summed E-state index contributed by atoms with van der Waals surface area (Å²) in [7, 11) is 0. The van der Waals surface area contributed by atoms with Crippen molar-refractivity contribution in [2.24, 2.45) is 5.41 Å². The summed E-state index contributed by atoms with van der Waals surface area (Å²) in [5.74, 6) is 0.379. The number of benzene rings is 2. The summed E-state index contributed by atoms with van der Waals surface area (Å²) in [5.41, 5.74) is 1.84. The van der Waals surface area contributed by atoms with Crippen LogP contribution in [0, 0.1) is 5.41 Å². The lowest BCUT2D eigenvalue weighted by Gasteiger charge is -2.41. The van der Waals surface area contributed by atoms with Gasteiger partial charge < -0.3 is 14.6 Å². The molecule has 0 aliphatic carbocycles. The molecule has 1 fully saturated rings. The van der Waals surface area contributed by atoms with E-state index in [1.54, 1.807) is 12.4 Å². The second-order valence-electron chi connectivity index (χ2n) is 8.30. The van der Waals surface area contributed by atoms with E-state index in [2.05, 4.69) is 22.1 Å². The fraction of sp³-hybridized carbons (Fsp3) is 0.346. The molecule has 1 atom stereocenters. The van der Waals surface area contributed by atoms with Crippen molar-refractivity contribution < 1.29 is 14.3 Å². The number of carbonyl (C=O) groups is 2. The number of ether oxygens (including phenoxy) is 1. The van der Waals surface area contributed by atoms with Crippen LogP contribution in [0.2, 0.25) is 0 Å². The van der Waals surface area contributed by atoms with Crippen molar-refractivity contribution in [2.75, 3.05) is 19.7 Å². The number of hydrogen-bond acceptors (Lipinski definition) is 4. The Balaban J connectivity index is 1.59. The molecule has 0 bridgehead atoms. The molecule has 0 spiro atoms. The number of carbonyl (C=O) groups excluding carboxylic acids is 2. The van der Waals surface area contributed by atoms with Crippen LogP contribution in [0.5, 0.6) is 0 Å². The van der Waals surface area contributed by atoms with E-state index in [0.29, 0.717) is 37.5 Å². The Labute approximate surface area is 188 Å². The number of likely N-dealkylation sites (tertiary alicyclic amines) is 1. The van der Waals surface area contributed by atoms with Crippen LogP contribution in [-0.2, 0) is 16.0 Å². The summed E-state index contributed by atoms with van der Waals surface area (Å²) in [6.45, 7) is 3.15. The summed E-state index contributed by atoms with van der Waals surface area (Å²) in [6.07, 6.45) is 6.33. The summed E-state index contributed by atoms with van der Waals surface area (Å²) in [5, 5.41) is 0. The lowest BCUT2D eigenvalue weighted by atomic mass is 9.75. The summed E-state index contributed by atoms with van der Waals surface area (Å²) < 4.78 is 5.50. The zero-order valence-electron chi connectivity index (χ0n) is 18.4. The second-order valence-corrected chi connectivity index (χ2v) is 8.30. The quantitative estimate of drug-likeness (QED) is 0.559. The van der Waals surface area contributed by atoms with Crippen LogP contribution < -0.4 is 0 Å². The van der Waals surface area contributed by atoms with E-state index in [0.717, 1.165) is 24.8 Å². The van der Waals surface area contributed by atoms with E-state index in [-0.39, 0.29) is 11.9 Å². The third-order valence-electron chi connectivity index (χ3n) is 6.22. The van der Waals surface area contributed by atoms with E-state index in [1.807, 2.05) is 54.3 Å². The zero-order valence-corrected chi connectivity index (χ0v) is 18.4. The molecule has 4 rings (SSSR count). The van der Waals surface area contributed by atoms with Crippen LogP contribution in [0.25, 0.3) is 11.4 Å². The zero-order chi connectivity index (χ0) is 22.4. The summed E-state index contributed by atoms with van der Waals surface area (Å²) in [6, 6.07) is 17.6. The van der Waals surface area contributed by atoms with Crippen LogP contribution >= 0.6 is 0 Å². The van der Waals surface area contributed by atoms with Gasteiger partial charge in [0.05, 0.1) is 17.6 Å². The molecule has 0 saturated carbocycles. The van der Waals surface area contributed by atoms with Gasteiger partial charge in [-0.2, -0.15) is 0 Å². The van der Waals surface area contributed by atoms with Crippen LogP contribution in [0.3, 0.4) is 0 Å². The van der Waals surface area contributed by atoms with Gasteiger partial charge in [0, 0.05) is 31.0 Å². The minimum Gasteiger partial charge on any atom is -0.466 e. The summed E-state index contributed by atoms with van der Waals surface area (Å²) >= 11 is 0. The minimum atomic E-state index is -0.695. The predicted octanol–water partition coefficient (Wildman–Crippen LogP) is 4.50. The molecule has 1 aliphatic rings. The number of aromatic amines is 1. The number of amides is 1. The van der Waals surface area contributed by atoms with Crippen LogP contribution in [-0.4, -0.2) is 46.4 Å². The number of piperidine rings is 1. The first-order valence-corrected chi connectivity index (χ1v) is 11.2.